The van der Waals surface area contributed by atoms with Crippen LogP contribution >= 0.6 is 0 Å². The van der Waals surface area contributed by atoms with Crippen molar-refractivity contribution in [2.24, 2.45) is 0 Å². The Kier molecular flexibility index (Phi) is 3.83. The molecule has 4 aromatic rings. The summed E-state index contributed by atoms with van der Waals surface area (Å²) in [6, 6.07) is 37.0. The Balaban J connectivity index is 1.86. The zero-order valence-electron chi connectivity index (χ0n) is 15.3. The maximum atomic E-state index is 2.49. The molecular weight excluding hydrogens is 325 g/mol. The number of nitrogens with zero attached hydrogens (tertiary/aromatic N) is 1. The summed E-state index contributed by atoms with van der Waals surface area (Å²) in [7, 11) is 0. The van der Waals surface area contributed by atoms with E-state index < -0.39 is 0 Å². The van der Waals surface area contributed by atoms with Crippen LogP contribution in [0.25, 0.3) is 11.1 Å². The van der Waals surface area contributed by atoms with Crippen molar-refractivity contribution in [1.29, 1.82) is 0 Å². The van der Waals surface area contributed by atoms with E-state index >= 15 is 0 Å². The molecule has 0 bridgehead atoms. The average Bonchev–Trinajstić information content (AvgIpc) is 2.74. The molecule has 0 fully saturated rings. The number of hydrogen-bond acceptors (Lipinski definition) is 1. The Hall–Kier alpha value is -3.26. The Bertz CT molecular complexity index is 1090. The molecule has 0 saturated heterocycles. The zero-order valence-corrected chi connectivity index (χ0v) is 15.3. The molecule has 0 atom stereocenters. The smallest absolute Gasteiger partial charge is 0.328 e. The quantitative estimate of drug-likeness (QED) is 0.466. The fourth-order valence-electron chi connectivity index (χ4n) is 4.29. The molecule has 1 heterocycles. The molecule has 1 aliphatic heterocycles. The highest BCUT2D eigenvalue weighted by Gasteiger charge is 2.37. The Morgan fingerprint density at radius 1 is 0.630 bits per heavy atom. The largest absolute Gasteiger partial charge is 0.376 e. The van der Waals surface area contributed by atoms with Gasteiger partial charge in [-0.1, -0.05) is 90.4 Å². The molecule has 27 heavy (non-hydrogen) atoms. The number of anilines is 2. The Morgan fingerprint density at radius 3 is 2.07 bits per heavy atom. The number of hydrogen-bond donors (Lipinski definition) is 0. The van der Waals surface area contributed by atoms with Crippen LogP contribution in [-0.2, 0) is 0 Å². The number of benzene rings is 4. The molecule has 0 saturated carbocycles. The van der Waals surface area contributed by atoms with Crippen LogP contribution in [-0.4, -0.2) is 6.85 Å². The first kappa shape index (κ1) is 16.0. The van der Waals surface area contributed by atoms with Crippen molar-refractivity contribution >= 4 is 29.1 Å². The second kappa shape index (κ2) is 6.48. The molecule has 0 unspecified atom stereocenters. The first-order chi connectivity index (χ1) is 13.3. The molecular formula is C25H20BN. The van der Waals surface area contributed by atoms with Gasteiger partial charge in [-0.05, 0) is 41.7 Å². The Morgan fingerprint density at radius 2 is 1.30 bits per heavy atom. The van der Waals surface area contributed by atoms with Crippen LogP contribution in [0.5, 0.6) is 0 Å². The van der Waals surface area contributed by atoms with E-state index in [0.29, 0.717) is 0 Å². The lowest BCUT2D eigenvalue weighted by Crippen LogP contribution is -2.57. The van der Waals surface area contributed by atoms with Crippen LogP contribution in [0.1, 0.15) is 5.56 Å². The van der Waals surface area contributed by atoms with E-state index in [2.05, 4.69) is 115 Å². The van der Waals surface area contributed by atoms with Crippen LogP contribution in [0.2, 0.25) is 0 Å². The van der Waals surface area contributed by atoms with Gasteiger partial charge < -0.3 is 4.81 Å². The molecule has 128 valence electrons. The molecule has 0 radical (unpaired) electrons. The summed E-state index contributed by atoms with van der Waals surface area (Å²) >= 11 is 0. The van der Waals surface area contributed by atoms with E-state index in [0.717, 1.165) is 0 Å². The second-order valence-electron chi connectivity index (χ2n) is 7.08. The van der Waals surface area contributed by atoms with Crippen LogP contribution < -0.4 is 15.7 Å². The molecule has 0 amide bonds. The lowest BCUT2D eigenvalue weighted by Gasteiger charge is -2.39. The van der Waals surface area contributed by atoms with Gasteiger partial charge in [0, 0.05) is 16.9 Å². The zero-order chi connectivity index (χ0) is 18.2. The van der Waals surface area contributed by atoms with E-state index in [-0.39, 0.29) is 6.85 Å². The van der Waals surface area contributed by atoms with E-state index in [9.17, 15) is 0 Å². The molecule has 2 heteroatoms. The number of aryl methyl sites for hydroxylation is 1. The molecule has 0 aliphatic carbocycles. The highest BCUT2D eigenvalue weighted by atomic mass is 15.1. The molecule has 4 aromatic carbocycles. The number of para-hydroxylation sites is 1. The first-order valence-corrected chi connectivity index (χ1v) is 9.43. The third-order valence-corrected chi connectivity index (χ3v) is 5.44. The van der Waals surface area contributed by atoms with Gasteiger partial charge in [-0.25, -0.2) is 0 Å². The third-order valence-electron chi connectivity index (χ3n) is 5.44. The predicted octanol–water partition coefficient (Wildman–Crippen LogP) is 4.92. The van der Waals surface area contributed by atoms with Crippen molar-refractivity contribution in [3.8, 4) is 11.1 Å². The average molecular weight is 345 g/mol. The normalized spacial score (nSPS) is 12.5. The second-order valence-corrected chi connectivity index (χ2v) is 7.08. The van der Waals surface area contributed by atoms with Crippen LogP contribution in [0.4, 0.5) is 11.4 Å². The summed E-state index contributed by atoms with van der Waals surface area (Å²) in [5.41, 5.74) is 9.14. The van der Waals surface area contributed by atoms with Crippen LogP contribution in [0.15, 0.2) is 103 Å². The summed E-state index contributed by atoms with van der Waals surface area (Å²) in [4.78, 5) is 2.49. The molecule has 1 aliphatic rings. The van der Waals surface area contributed by atoms with E-state index in [1.165, 1.54) is 39.0 Å². The van der Waals surface area contributed by atoms with Gasteiger partial charge in [-0.15, -0.1) is 0 Å². The fourth-order valence-corrected chi connectivity index (χ4v) is 4.29. The summed E-state index contributed by atoms with van der Waals surface area (Å²) in [5.74, 6) is 0. The molecule has 5 rings (SSSR count). The molecule has 0 N–H and O–H groups in total. The van der Waals surface area contributed by atoms with Gasteiger partial charge in [0.15, 0.2) is 0 Å². The summed E-state index contributed by atoms with van der Waals surface area (Å²) in [5, 5.41) is 0. The van der Waals surface area contributed by atoms with Crippen molar-refractivity contribution in [3.05, 3.63) is 109 Å². The van der Waals surface area contributed by atoms with Crippen molar-refractivity contribution in [2.75, 3.05) is 4.81 Å². The maximum absolute atomic E-state index is 2.49. The topological polar surface area (TPSA) is 3.24 Å². The van der Waals surface area contributed by atoms with Gasteiger partial charge in [0.25, 0.3) is 0 Å². The van der Waals surface area contributed by atoms with E-state index in [4.69, 9.17) is 0 Å². The van der Waals surface area contributed by atoms with Gasteiger partial charge in [0.2, 0.25) is 0 Å². The maximum Gasteiger partial charge on any atom is 0.328 e. The molecule has 1 nitrogen and oxygen atoms in total. The monoisotopic (exact) mass is 345 g/mol. The fraction of sp³-hybridized carbons (Fsp3) is 0.0400. The van der Waals surface area contributed by atoms with Crippen LogP contribution in [0, 0.1) is 6.92 Å². The van der Waals surface area contributed by atoms with Crippen molar-refractivity contribution < 1.29 is 0 Å². The van der Waals surface area contributed by atoms with E-state index in [1.54, 1.807) is 0 Å². The third kappa shape index (κ3) is 2.57. The Labute approximate surface area is 161 Å². The minimum atomic E-state index is 0.152. The predicted molar refractivity (Wildman–Crippen MR) is 117 cm³/mol. The minimum absolute atomic E-state index is 0.152. The van der Waals surface area contributed by atoms with Crippen molar-refractivity contribution in [1.82, 2.24) is 0 Å². The lowest BCUT2D eigenvalue weighted by atomic mass is 9.45. The summed E-state index contributed by atoms with van der Waals surface area (Å²) < 4.78 is 0. The number of fused-ring (bicyclic) bond motifs is 3. The summed E-state index contributed by atoms with van der Waals surface area (Å²) in [6.07, 6.45) is 0. The van der Waals surface area contributed by atoms with Crippen molar-refractivity contribution in [2.45, 2.75) is 6.92 Å². The highest BCUT2D eigenvalue weighted by Crippen LogP contribution is 2.41. The van der Waals surface area contributed by atoms with Gasteiger partial charge in [0.1, 0.15) is 0 Å². The SMILES string of the molecule is Cc1cccc2c1-c1ccccc1B(c1ccccc1)N2c1ccccc1. The standard InChI is InChI=1S/C25H20BN/c1-19-11-10-18-24-25(19)22-16-8-9-17-23(22)26(20-12-4-2-5-13-20)27(24)21-14-6-3-7-15-21/h2-18H,1H3. The van der Waals surface area contributed by atoms with Gasteiger partial charge >= 0.3 is 6.85 Å². The molecule has 0 spiro atoms. The van der Waals surface area contributed by atoms with E-state index in [1.807, 2.05) is 0 Å². The van der Waals surface area contributed by atoms with Crippen LogP contribution in [0.3, 0.4) is 0 Å². The summed E-state index contributed by atoms with van der Waals surface area (Å²) in [6.45, 7) is 2.36. The number of rotatable bonds is 2. The molecule has 0 aromatic heterocycles. The van der Waals surface area contributed by atoms with Gasteiger partial charge in [-0.2, -0.15) is 0 Å². The van der Waals surface area contributed by atoms with Crippen molar-refractivity contribution in [3.63, 3.8) is 0 Å². The highest BCUT2D eigenvalue weighted by molar-refractivity contribution is 6.90. The van der Waals surface area contributed by atoms with Gasteiger partial charge in [0.05, 0.1) is 0 Å². The first-order valence-electron chi connectivity index (χ1n) is 9.43. The lowest BCUT2D eigenvalue weighted by molar-refractivity contribution is 1.34. The van der Waals surface area contributed by atoms with Gasteiger partial charge in [-0.3, -0.25) is 0 Å². The minimum Gasteiger partial charge on any atom is -0.376 e.